The number of hydrogen-bond donors (Lipinski definition) is 0. The summed E-state index contributed by atoms with van der Waals surface area (Å²) in [5.41, 5.74) is 3.30. The van der Waals surface area contributed by atoms with Gasteiger partial charge in [-0.25, -0.2) is 0 Å². The summed E-state index contributed by atoms with van der Waals surface area (Å²) in [6, 6.07) is 8.18. The first-order valence-electron chi connectivity index (χ1n) is 5.79. The Hall–Kier alpha value is -2.22. The van der Waals surface area contributed by atoms with Gasteiger partial charge in [0.25, 0.3) is 0 Å². The van der Waals surface area contributed by atoms with Crippen LogP contribution in [0.4, 0.5) is 0 Å². The molecule has 82 valence electrons. The van der Waals surface area contributed by atoms with Crippen LogP contribution >= 0.6 is 0 Å². The number of benzene rings is 1. The summed E-state index contributed by atoms with van der Waals surface area (Å²) in [6.45, 7) is 0. The van der Waals surface area contributed by atoms with Crippen LogP contribution in [0.3, 0.4) is 0 Å². The van der Waals surface area contributed by atoms with E-state index in [1.54, 1.807) is 0 Å². The smallest absolute Gasteiger partial charge is 0.159 e. The lowest BCUT2D eigenvalue weighted by atomic mass is 10.0. The minimum Gasteiger partial charge on any atom is -0.454 e. The van der Waals surface area contributed by atoms with E-state index in [0.717, 1.165) is 23.5 Å². The number of nitrogens with zero attached hydrogens (tertiary/aromatic N) is 1. The standard InChI is InChI=1S/C15H11NO/c1-2-7-14-11(5-1)12-8-10-16-9-4-3-6-13(16)15(12)17-14/h1-2,4-10H,3H2. The first-order valence-corrected chi connectivity index (χ1v) is 5.79. The van der Waals surface area contributed by atoms with E-state index in [2.05, 4.69) is 41.6 Å². The van der Waals surface area contributed by atoms with Crippen LogP contribution in [0.5, 0.6) is 0 Å². The maximum atomic E-state index is 5.96. The number of hydrogen-bond acceptors (Lipinski definition) is 2. The summed E-state index contributed by atoms with van der Waals surface area (Å²) in [5, 5.41) is 1.19. The molecule has 0 saturated carbocycles. The molecular formula is C15H11NO. The molecule has 2 aliphatic rings. The van der Waals surface area contributed by atoms with E-state index in [1.807, 2.05) is 18.2 Å². The van der Waals surface area contributed by atoms with Crippen molar-refractivity contribution in [1.82, 2.24) is 4.90 Å². The van der Waals surface area contributed by atoms with Crippen molar-refractivity contribution in [3.8, 4) is 0 Å². The summed E-state index contributed by atoms with van der Waals surface area (Å²) >= 11 is 0. The number of allylic oxidation sites excluding steroid dienone is 2. The number of rotatable bonds is 0. The zero-order valence-corrected chi connectivity index (χ0v) is 9.26. The largest absolute Gasteiger partial charge is 0.454 e. The Labute approximate surface area is 99.1 Å². The minimum atomic E-state index is 0.958. The first-order chi connectivity index (χ1) is 8.43. The molecule has 0 radical (unpaired) electrons. The second-order valence-corrected chi connectivity index (χ2v) is 4.27. The van der Waals surface area contributed by atoms with Crippen molar-refractivity contribution in [2.24, 2.45) is 0 Å². The van der Waals surface area contributed by atoms with Crippen LogP contribution in [-0.2, 0) is 0 Å². The number of fused-ring (bicyclic) bond motifs is 5. The first kappa shape index (κ1) is 8.88. The molecule has 0 atom stereocenters. The van der Waals surface area contributed by atoms with Crippen molar-refractivity contribution in [2.45, 2.75) is 6.42 Å². The lowest BCUT2D eigenvalue weighted by Crippen LogP contribution is -2.13. The van der Waals surface area contributed by atoms with Gasteiger partial charge in [0.2, 0.25) is 0 Å². The topological polar surface area (TPSA) is 16.4 Å². The van der Waals surface area contributed by atoms with Gasteiger partial charge in [-0.2, -0.15) is 0 Å². The molecule has 0 aliphatic carbocycles. The highest BCUT2D eigenvalue weighted by atomic mass is 16.3. The summed E-state index contributed by atoms with van der Waals surface area (Å²) < 4.78 is 5.96. The van der Waals surface area contributed by atoms with Gasteiger partial charge in [0.05, 0.1) is 5.70 Å². The Balaban J connectivity index is 2.04. The Morgan fingerprint density at radius 1 is 1.12 bits per heavy atom. The Morgan fingerprint density at radius 2 is 2.06 bits per heavy atom. The van der Waals surface area contributed by atoms with E-state index in [-0.39, 0.29) is 0 Å². The van der Waals surface area contributed by atoms with E-state index in [4.69, 9.17) is 4.42 Å². The summed E-state index contributed by atoms with van der Waals surface area (Å²) in [5.74, 6) is 0.984. The predicted molar refractivity (Wildman–Crippen MR) is 68.8 cm³/mol. The van der Waals surface area contributed by atoms with Gasteiger partial charge in [0, 0.05) is 23.3 Å². The van der Waals surface area contributed by atoms with E-state index in [9.17, 15) is 0 Å². The SMILES string of the molecule is C1=CN2C=Cc3c(oc4ccccc34)C2=CC1. The van der Waals surface area contributed by atoms with Crippen molar-refractivity contribution in [3.05, 3.63) is 60.1 Å². The van der Waals surface area contributed by atoms with Crippen molar-refractivity contribution in [3.63, 3.8) is 0 Å². The van der Waals surface area contributed by atoms with E-state index >= 15 is 0 Å². The van der Waals surface area contributed by atoms with Gasteiger partial charge in [-0.15, -0.1) is 0 Å². The van der Waals surface area contributed by atoms with Crippen LogP contribution in [0, 0.1) is 0 Å². The third-order valence-electron chi connectivity index (χ3n) is 3.26. The van der Waals surface area contributed by atoms with Crippen LogP contribution in [0.25, 0.3) is 22.7 Å². The van der Waals surface area contributed by atoms with Crippen LogP contribution in [-0.4, -0.2) is 4.90 Å². The van der Waals surface area contributed by atoms with Crippen LogP contribution < -0.4 is 0 Å². The fourth-order valence-electron chi connectivity index (χ4n) is 2.46. The Bertz CT molecular complexity index is 688. The molecule has 0 spiro atoms. The monoisotopic (exact) mass is 221 g/mol. The second-order valence-electron chi connectivity index (χ2n) is 4.27. The summed E-state index contributed by atoms with van der Waals surface area (Å²) in [7, 11) is 0. The highest BCUT2D eigenvalue weighted by Gasteiger charge is 2.22. The van der Waals surface area contributed by atoms with Crippen molar-refractivity contribution < 1.29 is 4.42 Å². The molecule has 0 fully saturated rings. The van der Waals surface area contributed by atoms with Gasteiger partial charge in [-0.3, -0.25) is 0 Å². The van der Waals surface area contributed by atoms with Crippen molar-refractivity contribution >= 4 is 22.7 Å². The van der Waals surface area contributed by atoms with Crippen LogP contribution in [0.15, 0.2) is 53.2 Å². The summed E-state index contributed by atoms with van der Waals surface area (Å²) in [4.78, 5) is 2.11. The molecule has 1 aromatic heterocycles. The van der Waals surface area contributed by atoms with Crippen LogP contribution in [0.1, 0.15) is 17.7 Å². The van der Waals surface area contributed by atoms with Gasteiger partial charge in [-0.05, 0) is 18.6 Å². The van der Waals surface area contributed by atoms with Gasteiger partial charge in [0.15, 0.2) is 5.76 Å². The zero-order chi connectivity index (χ0) is 11.2. The highest BCUT2D eigenvalue weighted by Crippen LogP contribution is 2.38. The van der Waals surface area contributed by atoms with Gasteiger partial charge >= 0.3 is 0 Å². The molecule has 2 nitrogen and oxygen atoms in total. The normalized spacial score (nSPS) is 16.9. The van der Waals surface area contributed by atoms with Crippen molar-refractivity contribution in [1.29, 1.82) is 0 Å². The molecule has 0 unspecified atom stereocenters. The molecule has 3 heterocycles. The molecule has 17 heavy (non-hydrogen) atoms. The quantitative estimate of drug-likeness (QED) is 0.669. The number of furan rings is 1. The molecule has 2 aliphatic heterocycles. The number of para-hydroxylation sites is 1. The molecule has 0 bridgehead atoms. The van der Waals surface area contributed by atoms with Crippen LogP contribution in [0.2, 0.25) is 0 Å². The molecule has 2 heteroatoms. The van der Waals surface area contributed by atoms with Crippen molar-refractivity contribution in [2.75, 3.05) is 0 Å². The minimum absolute atomic E-state index is 0.958. The fraction of sp³-hybridized carbons (Fsp3) is 0.0667. The second kappa shape index (κ2) is 3.14. The molecule has 4 rings (SSSR count). The lowest BCUT2D eigenvalue weighted by Gasteiger charge is -2.24. The molecule has 0 saturated heterocycles. The molecule has 0 amide bonds. The zero-order valence-electron chi connectivity index (χ0n) is 9.26. The maximum absolute atomic E-state index is 5.96. The maximum Gasteiger partial charge on any atom is 0.159 e. The van der Waals surface area contributed by atoms with Gasteiger partial charge in [0.1, 0.15) is 5.58 Å². The average molecular weight is 221 g/mol. The third-order valence-corrected chi connectivity index (χ3v) is 3.26. The Kier molecular flexibility index (Phi) is 1.64. The Morgan fingerprint density at radius 3 is 3.06 bits per heavy atom. The predicted octanol–water partition coefficient (Wildman–Crippen LogP) is 3.98. The van der Waals surface area contributed by atoms with Gasteiger partial charge < -0.3 is 9.32 Å². The molecule has 2 aromatic rings. The fourth-order valence-corrected chi connectivity index (χ4v) is 2.46. The third kappa shape index (κ3) is 1.15. The molecular weight excluding hydrogens is 210 g/mol. The summed E-state index contributed by atoms with van der Waals surface area (Å²) in [6.07, 6.45) is 11.6. The van der Waals surface area contributed by atoms with E-state index < -0.39 is 0 Å². The lowest BCUT2D eigenvalue weighted by molar-refractivity contribution is 0.563. The molecule has 0 N–H and O–H groups in total. The average Bonchev–Trinajstić information content (AvgIpc) is 2.78. The highest BCUT2D eigenvalue weighted by molar-refractivity contribution is 5.94. The van der Waals surface area contributed by atoms with E-state index in [0.29, 0.717) is 0 Å². The van der Waals surface area contributed by atoms with Gasteiger partial charge in [-0.1, -0.05) is 30.4 Å². The molecule has 1 aromatic carbocycles. The van der Waals surface area contributed by atoms with E-state index in [1.165, 1.54) is 10.9 Å².